The second-order valence-electron chi connectivity index (χ2n) is 8.01. The van der Waals surface area contributed by atoms with Gasteiger partial charge in [-0.1, -0.05) is 52.2 Å². The van der Waals surface area contributed by atoms with Crippen molar-refractivity contribution in [2.45, 2.75) is 57.0 Å². The number of rotatable bonds is 8. The number of nitrogens with zero attached hydrogens (tertiary/aromatic N) is 2. The Morgan fingerprint density at radius 1 is 1.07 bits per heavy atom. The van der Waals surface area contributed by atoms with E-state index in [0.717, 1.165) is 29.5 Å². The molecule has 1 aliphatic heterocycles. The first-order valence-corrected chi connectivity index (χ1v) is 12.6. The highest BCUT2D eigenvalue weighted by atomic mass is 79.9. The molecule has 3 rings (SSSR count). The molecule has 1 saturated heterocycles. The number of hydrogen-bond donors (Lipinski definition) is 0. The van der Waals surface area contributed by atoms with Crippen LogP contribution in [-0.4, -0.2) is 43.3 Å². The molecule has 1 fully saturated rings. The van der Waals surface area contributed by atoms with E-state index in [1.165, 1.54) is 24.8 Å². The number of sulfonamides is 1. The summed E-state index contributed by atoms with van der Waals surface area (Å²) in [5.41, 5.74) is 2.19. The lowest BCUT2D eigenvalue weighted by atomic mass is 10.0. The number of aryl methyl sites for hydroxylation is 1. The minimum Gasteiger partial charge on any atom is -0.301 e. The van der Waals surface area contributed by atoms with E-state index in [1.807, 2.05) is 31.2 Å². The topological polar surface area (TPSA) is 40.6 Å². The van der Waals surface area contributed by atoms with Gasteiger partial charge in [0.05, 0.1) is 4.90 Å². The first-order chi connectivity index (χ1) is 13.9. The summed E-state index contributed by atoms with van der Waals surface area (Å²) in [7, 11) is -3.55. The number of likely N-dealkylation sites (tertiary alicyclic amines) is 1. The number of benzene rings is 2. The highest BCUT2D eigenvalue weighted by Crippen LogP contribution is 2.22. The molecule has 1 atom stereocenters. The molecule has 2 aromatic carbocycles. The van der Waals surface area contributed by atoms with Crippen LogP contribution in [0, 0.1) is 6.92 Å². The van der Waals surface area contributed by atoms with Crippen molar-refractivity contribution < 1.29 is 8.42 Å². The summed E-state index contributed by atoms with van der Waals surface area (Å²) in [5.74, 6) is 0. The average molecular weight is 479 g/mol. The molecule has 1 unspecified atom stereocenters. The zero-order chi connectivity index (χ0) is 20.9. The molecule has 0 aromatic heterocycles. The van der Waals surface area contributed by atoms with Gasteiger partial charge in [-0.2, -0.15) is 4.31 Å². The van der Waals surface area contributed by atoms with E-state index in [-0.39, 0.29) is 0 Å². The normalized spacial score (nSPS) is 18.3. The molecule has 0 amide bonds. The molecule has 6 heteroatoms. The van der Waals surface area contributed by atoms with Gasteiger partial charge < -0.3 is 4.90 Å². The van der Waals surface area contributed by atoms with E-state index < -0.39 is 10.0 Å². The summed E-state index contributed by atoms with van der Waals surface area (Å²) in [4.78, 5) is 2.85. The third-order valence-electron chi connectivity index (χ3n) is 5.72. The Morgan fingerprint density at radius 2 is 1.76 bits per heavy atom. The molecule has 158 valence electrons. The zero-order valence-electron chi connectivity index (χ0n) is 17.4. The van der Waals surface area contributed by atoms with Crippen LogP contribution >= 0.6 is 15.9 Å². The molecule has 0 radical (unpaired) electrons. The molecular weight excluding hydrogens is 448 g/mol. The summed E-state index contributed by atoms with van der Waals surface area (Å²) < 4.78 is 29.2. The van der Waals surface area contributed by atoms with Gasteiger partial charge >= 0.3 is 0 Å². The predicted molar refractivity (Wildman–Crippen MR) is 122 cm³/mol. The lowest BCUT2D eigenvalue weighted by Crippen LogP contribution is -2.40. The molecule has 1 heterocycles. The van der Waals surface area contributed by atoms with Gasteiger partial charge in [0.1, 0.15) is 0 Å². The van der Waals surface area contributed by atoms with E-state index in [1.54, 1.807) is 28.6 Å². The molecule has 0 saturated carbocycles. The first kappa shape index (κ1) is 22.5. The van der Waals surface area contributed by atoms with Crippen LogP contribution in [0.2, 0.25) is 0 Å². The maximum atomic E-state index is 13.4. The van der Waals surface area contributed by atoms with Gasteiger partial charge in [0.2, 0.25) is 10.0 Å². The van der Waals surface area contributed by atoms with Crippen molar-refractivity contribution >= 4 is 26.0 Å². The smallest absolute Gasteiger partial charge is 0.243 e. The van der Waals surface area contributed by atoms with Gasteiger partial charge in [0.15, 0.2) is 0 Å². The summed E-state index contributed by atoms with van der Waals surface area (Å²) in [6, 6.07) is 15.6. The fourth-order valence-electron chi connectivity index (χ4n) is 3.88. The van der Waals surface area contributed by atoms with E-state index in [2.05, 4.69) is 27.8 Å². The Morgan fingerprint density at radius 3 is 2.41 bits per heavy atom. The van der Waals surface area contributed by atoms with Gasteiger partial charge in [-0.15, -0.1) is 0 Å². The molecule has 4 nitrogen and oxygen atoms in total. The van der Waals surface area contributed by atoms with Crippen LogP contribution in [0.15, 0.2) is 57.9 Å². The molecule has 1 aliphatic rings. The van der Waals surface area contributed by atoms with Crippen LogP contribution in [-0.2, 0) is 16.6 Å². The Bertz CT molecular complexity index is 882. The summed E-state index contributed by atoms with van der Waals surface area (Å²) in [6.45, 7) is 7.31. The first-order valence-electron chi connectivity index (χ1n) is 10.4. The van der Waals surface area contributed by atoms with Gasteiger partial charge in [0, 0.05) is 23.6 Å². The fraction of sp³-hybridized carbons (Fsp3) is 0.478. The Balaban J connectivity index is 1.75. The predicted octanol–water partition coefficient (Wildman–Crippen LogP) is 5.21. The van der Waals surface area contributed by atoms with Crippen LogP contribution in [0.3, 0.4) is 0 Å². The highest BCUT2D eigenvalue weighted by Gasteiger charge is 2.25. The van der Waals surface area contributed by atoms with E-state index >= 15 is 0 Å². The molecule has 0 aliphatic carbocycles. The van der Waals surface area contributed by atoms with Gasteiger partial charge in [-0.3, -0.25) is 0 Å². The maximum absolute atomic E-state index is 13.4. The molecule has 0 spiro atoms. The summed E-state index contributed by atoms with van der Waals surface area (Å²) in [5, 5.41) is 0. The van der Waals surface area contributed by atoms with Crippen molar-refractivity contribution in [2.75, 3.05) is 19.6 Å². The number of piperidine rings is 1. The van der Waals surface area contributed by atoms with Crippen molar-refractivity contribution in [1.29, 1.82) is 0 Å². The van der Waals surface area contributed by atoms with Gasteiger partial charge in [-0.25, -0.2) is 8.42 Å². The quantitative estimate of drug-likeness (QED) is 0.522. The van der Waals surface area contributed by atoms with Crippen molar-refractivity contribution in [2.24, 2.45) is 0 Å². The van der Waals surface area contributed by atoms with E-state index in [4.69, 9.17) is 0 Å². The van der Waals surface area contributed by atoms with Crippen molar-refractivity contribution in [3.8, 4) is 0 Å². The minimum atomic E-state index is -3.55. The fourth-order valence-corrected chi connectivity index (χ4v) is 5.61. The Kier molecular flexibility index (Phi) is 7.91. The Labute approximate surface area is 184 Å². The summed E-state index contributed by atoms with van der Waals surface area (Å²) in [6.07, 6.45) is 4.63. The number of halogens is 1. The van der Waals surface area contributed by atoms with Crippen LogP contribution in [0.4, 0.5) is 0 Å². The zero-order valence-corrected chi connectivity index (χ0v) is 19.8. The molecule has 0 N–H and O–H groups in total. The van der Waals surface area contributed by atoms with Crippen molar-refractivity contribution in [3.05, 3.63) is 64.1 Å². The summed E-state index contributed by atoms with van der Waals surface area (Å²) >= 11 is 3.39. The molecule has 0 bridgehead atoms. The van der Waals surface area contributed by atoms with E-state index in [0.29, 0.717) is 24.0 Å². The van der Waals surface area contributed by atoms with Gasteiger partial charge in [0.25, 0.3) is 0 Å². The largest absolute Gasteiger partial charge is 0.301 e. The lowest BCUT2D eigenvalue weighted by Gasteiger charge is -2.34. The molecule has 29 heavy (non-hydrogen) atoms. The monoisotopic (exact) mass is 478 g/mol. The van der Waals surface area contributed by atoms with Crippen molar-refractivity contribution in [1.82, 2.24) is 9.21 Å². The highest BCUT2D eigenvalue weighted by molar-refractivity contribution is 9.10. The Hall–Kier alpha value is -1.21. The third-order valence-corrected chi connectivity index (χ3v) is 8.11. The van der Waals surface area contributed by atoms with Crippen LogP contribution in [0.5, 0.6) is 0 Å². The second kappa shape index (κ2) is 10.2. The standard InChI is InChI=1S/C23H31BrN2O2S/c1-19-7-9-21(10-8-19)18-26(17-5-16-25-15-4-3-6-20(25)2)29(27,28)23-13-11-22(24)12-14-23/h7-14,20H,3-6,15-18H2,1-2H3. The molecule has 2 aromatic rings. The maximum Gasteiger partial charge on any atom is 0.243 e. The third kappa shape index (κ3) is 6.14. The van der Waals surface area contributed by atoms with Gasteiger partial charge in [-0.05, 0) is 76.0 Å². The van der Waals surface area contributed by atoms with Crippen LogP contribution in [0.25, 0.3) is 0 Å². The van der Waals surface area contributed by atoms with E-state index in [9.17, 15) is 8.42 Å². The SMILES string of the molecule is Cc1ccc(CN(CCCN2CCCCC2C)S(=O)(=O)c2ccc(Br)cc2)cc1. The minimum absolute atomic E-state index is 0.346. The second-order valence-corrected chi connectivity index (χ2v) is 10.9. The molecular formula is C23H31BrN2O2S. The van der Waals surface area contributed by atoms with Crippen molar-refractivity contribution in [3.63, 3.8) is 0 Å². The lowest BCUT2D eigenvalue weighted by molar-refractivity contribution is 0.155. The average Bonchev–Trinajstić information content (AvgIpc) is 2.70. The van der Waals surface area contributed by atoms with Crippen LogP contribution < -0.4 is 0 Å². The van der Waals surface area contributed by atoms with Crippen LogP contribution in [0.1, 0.15) is 43.7 Å². The number of hydrogen-bond acceptors (Lipinski definition) is 3.